The molecule has 0 radical (unpaired) electrons. The van der Waals surface area contributed by atoms with E-state index in [1.54, 1.807) is 12.1 Å². The fourth-order valence-corrected chi connectivity index (χ4v) is 2.63. The van der Waals surface area contributed by atoms with Crippen LogP contribution in [0.4, 0.5) is 10.1 Å². The molecular formula is C16H14BrFN2O3. The Morgan fingerprint density at radius 3 is 3.00 bits per heavy atom. The van der Waals surface area contributed by atoms with Crippen molar-refractivity contribution in [1.82, 2.24) is 4.98 Å². The number of benzene rings is 1. The van der Waals surface area contributed by atoms with Crippen molar-refractivity contribution in [1.29, 1.82) is 0 Å². The first-order valence-electron chi connectivity index (χ1n) is 7.08. The summed E-state index contributed by atoms with van der Waals surface area (Å²) < 4.78 is 24.5. The van der Waals surface area contributed by atoms with Gasteiger partial charge in [-0.25, -0.2) is 9.37 Å². The van der Waals surface area contributed by atoms with Crippen LogP contribution in [-0.4, -0.2) is 30.2 Å². The summed E-state index contributed by atoms with van der Waals surface area (Å²) in [7, 11) is 0. The summed E-state index contributed by atoms with van der Waals surface area (Å²) in [5.74, 6) is -0.327. The summed E-state index contributed by atoms with van der Waals surface area (Å²) in [4.78, 5) is 16.4. The molecule has 120 valence electrons. The van der Waals surface area contributed by atoms with Gasteiger partial charge in [0.05, 0.1) is 18.9 Å². The van der Waals surface area contributed by atoms with E-state index in [1.807, 2.05) is 0 Å². The van der Waals surface area contributed by atoms with Crippen LogP contribution in [0.25, 0.3) is 0 Å². The largest absolute Gasteiger partial charge is 0.472 e. The van der Waals surface area contributed by atoms with Crippen molar-refractivity contribution in [3.05, 3.63) is 52.4 Å². The van der Waals surface area contributed by atoms with Crippen LogP contribution in [0.3, 0.4) is 0 Å². The number of rotatable bonds is 4. The second-order valence-electron chi connectivity index (χ2n) is 5.06. The highest BCUT2D eigenvalue weighted by atomic mass is 79.9. The quantitative estimate of drug-likeness (QED) is 0.882. The fraction of sp³-hybridized carbons (Fsp3) is 0.250. The number of ether oxygens (including phenoxy) is 2. The van der Waals surface area contributed by atoms with Gasteiger partial charge in [0.1, 0.15) is 11.9 Å². The van der Waals surface area contributed by atoms with E-state index in [4.69, 9.17) is 9.47 Å². The number of hydrogen-bond acceptors (Lipinski definition) is 4. The zero-order chi connectivity index (χ0) is 16.2. The highest BCUT2D eigenvalue weighted by Gasteiger charge is 2.18. The Morgan fingerprint density at radius 2 is 2.26 bits per heavy atom. The molecule has 2 aromatic rings. The van der Waals surface area contributed by atoms with Crippen LogP contribution >= 0.6 is 15.9 Å². The van der Waals surface area contributed by atoms with Gasteiger partial charge in [-0.3, -0.25) is 4.79 Å². The van der Waals surface area contributed by atoms with E-state index in [2.05, 4.69) is 26.2 Å². The van der Waals surface area contributed by atoms with Gasteiger partial charge in [0.15, 0.2) is 0 Å². The molecular weight excluding hydrogens is 367 g/mol. The second-order valence-corrected chi connectivity index (χ2v) is 5.92. The molecule has 1 aromatic heterocycles. The number of hydrogen-bond donors (Lipinski definition) is 1. The molecule has 1 N–H and O–H groups in total. The first kappa shape index (κ1) is 15.9. The number of carbonyl (C=O) groups excluding carboxylic acids is 1. The lowest BCUT2D eigenvalue weighted by Gasteiger charge is -2.12. The van der Waals surface area contributed by atoms with E-state index in [0.717, 1.165) is 6.42 Å². The number of aromatic nitrogens is 1. The summed E-state index contributed by atoms with van der Waals surface area (Å²) in [6.45, 7) is 1.20. The summed E-state index contributed by atoms with van der Waals surface area (Å²) in [6, 6.07) is 7.22. The maximum atomic E-state index is 13.1. The maximum absolute atomic E-state index is 13.1. The van der Waals surface area contributed by atoms with E-state index < -0.39 is 0 Å². The second kappa shape index (κ2) is 7.06. The van der Waals surface area contributed by atoms with E-state index in [0.29, 0.717) is 34.8 Å². The molecule has 0 saturated carbocycles. The summed E-state index contributed by atoms with van der Waals surface area (Å²) in [6.07, 6.45) is 2.28. The van der Waals surface area contributed by atoms with E-state index >= 15 is 0 Å². The van der Waals surface area contributed by atoms with Gasteiger partial charge in [0.2, 0.25) is 5.88 Å². The Labute approximate surface area is 140 Å². The minimum atomic E-state index is -0.381. The minimum Gasteiger partial charge on any atom is -0.472 e. The zero-order valence-corrected chi connectivity index (χ0v) is 13.7. The van der Waals surface area contributed by atoms with Gasteiger partial charge in [-0.05, 0) is 40.2 Å². The third-order valence-electron chi connectivity index (χ3n) is 3.35. The first-order chi connectivity index (χ1) is 11.1. The van der Waals surface area contributed by atoms with Crippen LogP contribution in [0.1, 0.15) is 16.8 Å². The molecule has 2 heterocycles. The number of anilines is 1. The van der Waals surface area contributed by atoms with Crippen molar-refractivity contribution in [3.8, 4) is 5.88 Å². The van der Waals surface area contributed by atoms with E-state index in [9.17, 15) is 9.18 Å². The van der Waals surface area contributed by atoms with Crippen molar-refractivity contribution < 1.29 is 18.7 Å². The molecule has 1 fully saturated rings. The van der Waals surface area contributed by atoms with Gasteiger partial charge < -0.3 is 14.8 Å². The lowest BCUT2D eigenvalue weighted by Crippen LogP contribution is -2.17. The minimum absolute atomic E-state index is 0.0351. The predicted octanol–water partition coefficient (Wildman–Crippen LogP) is 3.40. The van der Waals surface area contributed by atoms with Crippen LogP contribution < -0.4 is 10.1 Å². The van der Waals surface area contributed by atoms with Crippen molar-refractivity contribution >= 4 is 27.5 Å². The molecule has 1 aromatic carbocycles. The normalized spacial score (nSPS) is 17.0. The van der Waals surface area contributed by atoms with Crippen LogP contribution in [0.2, 0.25) is 0 Å². The molecule has 7 heteroatoms. The zero-order valence-electron chi connectivity index (χ0n) is 12.1. The average molecular weight is 381 g/mol. The molecule has 1 aliphatic heterocycles. The van der Waals surface area contributed by atoms with Gasteiger partial charge in [-0.15, -0.1) is 0 Å². The Kier molecular flexibility index (Phi) is 4.88. The monoisotopic (exact) mass is 380 g/mol. The number of amides is 1. The Morgan fingerprint density at radius 1 is 1.39 bits per heavy atom. The Hall–Kier alpha value is -1.99. The van der Waals surface area contributed by atoms with Crippen LogP contribution in [0, 0.1) is 5.82 Å². The third-order valence-corrected chi connectivity index (χ3v) is 4.01. The molecule has 23 heavy (non-hydrogen) atoms. The number of halogens is 2. The summed E-state index contributed by atoms with van der Waals surface area (Å²) >= 11 is 3.22. The summed E-state index contributed by atoms with van der Waals surface area (Å²) in [5.41, 5.74) is 0.894. The van der Waals surface area contributed by atoms with Crippen LogP contribution in [0.5, 0.6) is 5.88 Å². The molecule has 1 amide bonds. The predicted molar refractivity (Wildman–Crippen MR) is 86.1 cm³/mol. The molecule has 1 aliphatic rings. The molecule has 0 unspecified atom stereocenters. The standard InChI is InChI=1S/C16H14BrFN2O3/c17-13-8-11(18)1-2-14(13)20-16(21)10-3-5-19-15(7-10)23-12-4-6-22-9-12/h1-3,5,7-8,12H,4,6,9H2,(H,20,21)/t12-/m0/s1. The first-order valence-corrected chi connectivity index (χ1v) is 7.88. The van der Waals surface area contributed by atoms with Crippen molar-refractivity contribution in [2.45, 2.75) is 12.5 Å². The van der Waals surface area contributed by atoms with Gasteiger partial charge >= 0.3 is 0 Å². The molecule has 1 atom stereocenters. The number of nitrogens with zero attached hydrogens (tertiary/aromatic N) is 1. The Bertz CT molecular complexity index is 720. The molecule has 0 spiro atoms. The number of nitrogens with one attached hydrogen (secondary N) is 1. The third kappa shape index (κ3) is 4.05. The highest BCUT2D eigenvalue weighted by Crippen LogP contribution is 2.24. The lowest BCUT2D eigenvalue weighted by molar-refractivity contribution is 0.102. The van der Waals surface area contributed by atoms with Gasteiger partial charge in [-0.2, -0.15) is 0 Å². The molecule has 3 rings (SSSR count). The molecule has 0 aliphatic carbocycles. The molecule has 0 bridgehead atoms. The summed E-state index contributed by atoms with van der Waals surface area (Å²) in [5, 5.41) is 2.71. The lowest BCUT2D eigenvalue weighted by atomic mass is 10.2. The van der Waals surface area contributed by atoms with E-state index in [-0.39, 0.29) is 17.8 Å². The van der Waals surface area contributed by atoms with Gasteiger partial charge in [0, 0.05) is 28.7 Å². The van der Waals surface area contributed by atoms with Gasteiger partial charge in [0.25, 0.3) is 5.91 Å². The Balaban J connectivity index is 1.71. The van der Waals surface area contributed by atoms with Crippen molar-refractivity contribution in [2.75, 3.05) is 18.5 Å². The molecule has 5 nitrogen and oxygen atoms in total. The number of carbonyl (C=O) groups is 1. The SMILES string of the molecule is O=C(Nc1ccc(F)cc1Br)c1ccnc(O[C@H]2CCOC2)c1. The average Bonchev–Trinajstić information content (AvgIpc) is 3.03. The fourth-order valence-electron chi connectivity index (χ4n) is 2.18. The van der Waals surface area contributed by atoms with Crippen LogP contribution in [0.15, 0.2) is 41.0 Å². The maximum Gasteiger partial charge on any atom is 0.255 e. The van der Waals surface area contributed by atoms with Gasteiger partial charge in [-0.1, -0.05) is 0 Å². The molecule has 1 saturated heterocycles. The van der Waals surface area contributed by atoms with Crippen molar-refractivity contribution in [3.63, 3.8) is 0 Å². The van der Waals surface area contributed by atoms with E-state index in [1.165, 1.54) is 24.4 Å². The number of pyridine rings is 1. The topological polar surface area (TPSA) is 60.5 Å². The van der Waals surface area contributed by atoms with Crippen molar-refractivity contribution in [2.24, 2.45) is 0 Å². The van der Waals surface area contributed by atoms with Crippen LogP contribution in [-0.2, 0) is 4.74 Å². The highest BCUT2D eigenvalue weighted by molar-refractivity contribution is 9.10. The smallest absolute Gasteiger partial charge is 0.255 e.